The van der Waals surface area contributed by atoms with E-state index in [9.17, 15) is 0 Å². The zero-order chi connectivity index (χ0) is 11.6. The van der Waals surface area contributed by atoms with Gasteiger partial charge in [0.15, 0.2) is 0 Å². The van der Waals surface area contributed by atoms with Gasteiger partial charge >= 0.3 is 0 Å². The van der Waals surface area contributed by atoms with Crippen molar-refractivity contribution in [2.24, 2.45) is 0 Å². The molecular weight excluding hydrogens is 194 g/mol. The van der Waals surface area contributed by atoms with Crippen LogP contribution in [0, 0.1) is 0 Å². The molecule has 0 bridgehead atoms. The van der Waals surface area contributed by atoms with E-state index < -0.39 is 0 Å². The van der Waals surface area contributed by atoms with Crippen molar-refractivity contribution in [1.82, 2.24) is 4.90 Å². The summed E-state index contributed by atoms with van der Waals surface area (Å²) in [4.78, 5) is 2.41. The van der Waals surface area contributed by atoms with Crippen molar-refractivity contribution in [3.05, 3.63) is 61.2 Å². The lowest BCUT2D eigenvalue weighted by atomic mass is 10.2. The monoisotopic (exact) mass is 215 g/mol. The number of hydrogen-bond acceptors (Lipinski definition) is 1. The van der Waals surface area contributed by atoms with E-state index in [4.69, 9.17) is 0 Å². The first-order valence-electron chi connectivity index (χ1n) is 5.85. The first-order chi connectivity index (χ1) is 7.86. The smallest absolute Gasteiger partial charge is 0.0237 e. The molecule has 0 fully saturated rings. The SMILES string of the molecule is C=CCCCN(CC=C)Cc1ccccc1. The molecule has 1 nitrogen and oxygen atoms in total. The van der Waals surface area contributed by atoms with Gasteiger partial charge in [-0.2, -0.15) is 0 Å². The lowest BCUT2D eigenvalue weighted by Crippen LogP contribution is -2.24. The van der Waals surface area contributed by atoms with Crippen molar-refractivity contribution >= 4 is 0 Å². The largest absolute Gasteiger partial charge is 0.295 e. The van der Waals surface area contributed by atoms with Gasteiger partial charge < -0.3 is 0 Å². The molecule has 0 amide bonds. The summed E-state index contributed by atoms with van der Waals surface area (Å²) in [5.74, 6) is 0. The van der Waals surface area contributed by atoms with Crippen molar-refractivity contribution in [2.45, 2.75) is 19.4 Å². The zero-order valence-electron chi connectivity index (χ0n) is 9.94. The number of benzene rings is 1. The lowest BCUT2D eigenvalue weighted by Gasteiger charge is -2.20. The third-order valence-corrected chi connectivity index (χ3v) is 2.52. The molecule has 86 valence electrons. The van der Waals surface area contributed by atoms with Crippen LogP contribution in [0.2, 0.25) is 0 Å². The Morgan fingerprint density at radius 3 is 2.44 bits per heavy atom. The van der Waals surface area contributed by atoms with E-state index >= 15 is 0 Å². The third-order valence-electron chi connectivity index (χ3n) is 2.52. The molecule has 1 aromatic rings. The molecule has 0 saturated heterocycles. The molecular formula is C15H21N. The summed E-state index contributed by atoms with van der Waals surface area (Å²) in [6.07, 6.45) is 6.21. The van der Waals surface area contributed by atoms with E-state index in [2.05, 4.69) is 48.4 Å². The van der Waals surface area contributed by atoms with Crippen LogP contribution >= 0.6 is 0 Å². The number of unbranched alkanes of at least 4 members (excludes halogenated alkanes) is 1. The minimum Gasteiger partial charge on any atom is -0.295 e. The van der Waals surface area contributed by atoms with Gasteiger partial charge in [-0.1, -0.05) is 42.5 Å². The summed E-state index contributed by atoms with van der Waals surface area (Å²) in [7, 11) is 0. The third kappa shape index (κ3) is 4.94. The molecule has 0 N–H and O–H groups in total. The molecule has 1 aromatic carbocycles. The Bertz CT molecular complexity index is 302. The second kappa shape index (κ2) is 7.89. The van der Waals surface area contributed by atoms with Crippen LogP contribution in [-0.2, 0) is 6.54 Å². The molecule has 0 saturated carbocycles. The molecule has 16 heavy (non-hydrogen) atoms. The maximum Gasteiger partial charge on any atom is 0.0237 e. The molecule has 0 unspecified atom stereocenters. The highest BCUT2D eigenvalue weighted by Gasteiger charge is 2.02. The van der Waals surface area contributed by atoms with Crippen LogP contribution in [0.4, 0.5) is 0 Å². The average Bonchev–Trinajstić information content (AvgIpc) is 2.31. The molecule has 0 aliphatic rings. The maximum atomic E-state index is 3.81. The van der Waals surface area contributed by atoms with Gasteiger partial charge in [0.2, 0.25) is 0 Å². The number of allylic oxidation sites excluding steroid dienone is 1. The van der Waals surface area contributed by atoms with E-state index in [1.807, 2.05) is 12.2 Å². The van der Waals surface area contributed by atoms with Gasteiger partial charge in [0, 0.05) is 13.1 Å². The van der Waals surface area contributed by atoms with E-state index in [0.717, 1.165) is 26.1 Å². The molecule has 1 rings (SSSR count). The summed E-state index contributed by atoms with van der Waals surface area (Å²) in [5, 5.41) is 0. The van der Waals surface area contributed by atoms with Crippen LogP contribution in [0.25, 0.3) is 0 Å². The molecule has 1 heteroatoms. The maximum absolute atomic E-state index is 3.81. The van der Waals surface area contributed by atoms with Gasteiger partial charge in [0.1, 0.15) is 0 Å². The van der Waals surface area contributed by atoms with Gasteiger partial charge in [-0.15, -0.1) is 13.2 Å². The summed E-state index contributed by atoms with van der Waals surface area (Å²) in [6, 6.07) is 10.6. The van der Waals surface area contributed by atoms with Crippen molar-refractivity contribution < 1.29 is 0 Å². The van der Waals surface area contributed by atoms with Gasteiger partial charge in [-0.25, -0.2) is 0 Å². The first kappa shape index (κ1) is 12.7. The van der Waals surface area contributed by atoms with E-state index in [1.54, 1.807) is 0 Å². The number of hydrogen-bond donors (Lipinski definition) is 0. The van der Waals surface area contributed by atoms with Gasteiger partial charge in [0.25, 0.3) is 0 Å². The fourth-order valence-corrected chi connectivity index (χ4v) is 1.72. The molecule has 0 aromatic heterocycles. The van der Waals surface area contributed by atoms with Crippen molar-refractivity contribution in [3.63, 3.8) is 0 Å². The zero-order valence-corrected chi connectivity index (χ0v) is 9.94. The topological polar surface area (TPSA) is 3.24 Å². The highest BCUT2D eigenvalue weighted by Crippen LogP contribution is 2.05. The Morgan fingerprint density at radius 1 is 1.06 bits per heavy atom. The van der Waals surface area contributed by atoms with Crippen molar-refractivity contribution in [2.75, 3.05) is 13.1 Å². The summed E-state index contributed by atoms with van der Waals surface area (Å²) in [6.45, 7) is 10.6. The van der Waals surface area contributed by atoms with Gasteiger partial charge in [0.05, 0.1) is 0 Å². The standard InChI is InChI=1S/C15H21N/c1-3-5-9-13-16(12-4-2)14-15-10-7-6-8-11-15/h3-4,6-8,10-11H,1-2,5,9,12-14H2. The first-order valence-corrected chi connectivity index (χ1v) is 5.85. The molecule has 0 aliphatic heterocycles. The van der Waals surface area contributed by atoms with Crippen LogP contribution < -0.4 is 0 Å². The van der Waals surface area contributed by atoms with Crippen LogP contribution in [0.1, 0.15) is 18.4 Å². The number of rotatable bonds is 8. The van der Waals surface area contributed by atoms with Crippen molar-refractivity contribution in [1.29, 1.82) is 0 Å². The summed E-state index contributed by atoms with van der Waals surface area (Å²) in [5.41, 5.74) is 1.36. The Kier molecular flexibility index (Phi) is 6.28. The fourth-order valence-electron chi connectivity index (χ4n) is 1.72. The quantitative estimate of drug-likeness (QED) is 0.472. The Morgan fingerprint density at radius 2 is 1.81 bits per heavy atom. The summed E-state index contributed by atoms with van der Waals surface area (Å²) >= 11 is 0. The second-order valence-corrected chi connectivity index (χ2v) is 3.94. The minimum absolute atomic E-state index is 0.950. The Hall–Kier alpha value is -1.34. The summed E-state index contributed by atoms with van der Waals surface area (Å²) < 4.78 is 0. The Balaban J connectivity index is 2.43. The average molecular weight is 215 g/mol. The lowest BCUT2D eigenvalue weighted by molar-refractivity contribution is 0.291. The van der Waals surface area contributed by atoms with Crippen LogP contribution in [0.15, 0.2) is 55.6 Å². The van der Waals surface area contributed by atoms with Crippen LogP contribution in [0.5, 0.6) is 0 Å². The predicted molar refractivity (Wildman–Crippen MR) is 71.3 cm³/mol. The predicted octanol–water partition coefficient (Wildman–Crippen LogP) is 3.64. The molecule has 0 radical (unpaired) electrons. The molecule has 0 heterocycles. The minimum atomic E-state index is 0.950. The molecule has 0 aliphatic carbocycles. The van der Waals surface area contributed by atoms with E-state index in [-0.39, 0.29) is 0 Å². The Labute approximate surface area is 99.1 Å². The normalized spacial score (nSPS) is 10.3. The van der Waals surface area contributed by atoms with Crippen LogP contribution in [-0.4, -0.2) is 18.0 Å². The van der Waals surface area contributed by atoms with Crippen LogP contribution in [0.3, 0.4) is 0 Å². The second-order valence-electron chi connectivity index (χ2n) is 3.94. The molecule has 0 spiro atoms. The highest BCUT2D eigenvalue weighted by atomic mass is 15.1. The molecule has 0 atom stereocenters. The van der Waals surface area contributed by atoms with Crippen molar-refractivity contribution in [3.8, 4) is 0 Å². The fraction of sp³-hybridized carbons (Fsp3) is 0.333. The van der Waals surface area contributed by atoms with E-state index in [0.29, 0.717) is 0 Å². The van der Waals surface area contributed by atoms with Gasteiger partial charge in [-0.3, -0.25) is 4.90 Å². The van der Waals surface area contributed by atoms with E-state index in [1.165, 1.54) is 12.0 Å². The number of nitrogens with zero attached hydrogens (tertiary/aromatic N) is 1. The van der Waals surface area contributed by atoms with Gasteiger partial charge in [-0.05, 0) is 24.9 Å². The highest BCUT2D eigenvalue weighted by molar-refractivity contribution is 5.14.